The predicted molar refractivity (Wildman–Crippen MR) is 73.1 cm³/mol. The second kappa shape index (κ2) is 8.98. The van der Waals surface area contributed by atoms with Gasteiger partial charge in [0.1, 0.15) is 6.54 Å². The second-order valence-corrected chi connectivity index (χ2v) is 3.93. The van der Waals surface area contributed by atoms with Crippen LogP contribution in [0.3, 0.4) is 0 Å². The Hall–Kier alpha value is -0.100. The van der Waals surface area contributed by atoms with Crippen LogP contribution in [0.15, 0.2) is 30.3 Å². The molecular weight excluding hydrogens is 237 g/mol. The molecule has 0 aliphatic carbocycles. The molecule has 1 aromatic rings. The molecule has 1 atom stereocenters. The molecule has 0 N–H and O–H groups in total. The molecule has 0 amide bonds. The topological polar surface area (TPSA) is 0 Å². The molecule has 1 rings (SSSR count). The highest BCUT2D eigenvalue weighted by molar-refractivity contribution is 6.92. The van der Waals surface area contributed by atoms with Gasteiger partial charge in [0.25, 0.3) is 0 Å². The van der Waals surface area contributed by atoms with Crippen molar-refractivity contribution in [1.82, 2.24) is 0 Å². The third kappa shape index (κ3) is 4.82. The molecule has 3 heteroatoms. The summed E-state index contributed by atoms with van der Waals surface area (Å²) in [5.41, 5.74) is 1.46. The van der Waals surface area contributed by atoms with Crippen LogP contribution in [0.4, 0.5) is 0 Å². The van der Waals surface area contributed by atoms with Gasteiger partial charge in [0, 0.05) is 5.56 Å². The standard InChI is InChI=1S/C13H22N.ClH.H3P/c1-4-14(5-2,6-3)12-13-10-8-7-9-11-13;;/h7-11H,4-6,12H2,1-3H3;1H;1H3/q+1;;/p-1. The van der Waals surface area contributed by atoms with Crippen LogP contribution in [0.5, 0.6) is 0 Å². The monoisotopic (exact) mass is 261 g/mol. The van der Waals surface area contributed by atoms with Crippen LogP contribution in [-0.4, -0.2) is 24.1 Å². The lowest BCUT2D eigenvalue weighted by Gasteiger charge is -2.35. The fourth-order valence-electron chi connectivity index (χ4n) is 1.98. The minimum absolute atomic E-state index is 0. The highest BCUT2D eigenvalue weighted by Crippen LogP contribution is 2.13. The average Bonchev–Trinajstić information content (AvgIpc) is 2.28. The Balaban J connectivity index is 0. The number of hydrogen-bond donors (Lipinski definition) is 0. The van der Waals surface area contributed by atoms with Crippen LogP contribution in [0.2, 0.25) is 0 Å². The Labute approximate surface area is 110 Å². The number of benzene rings is 1. The molecule has 0 spiro atoms. The van der Waals surface area contributed by atoms with Crippen molar-refractivity contribution in [3.63, 3.8) is 0 Å². The van der Waals surface area contributed by atoms with Crippen molar-refractivity contribution in [2.24, 2.45) is 0 Å². The minimum atomic E-state index is 0. The van der Waals surface area contributed by atoms with E-state index in [-0.39, 0.29) is 22.3 Å². The molecule has 0 aliphatic heterocycles. The summed E-state index contributed by atoms with van der Waals surface area (Å²) in [6.45, 7) is 11.7. The molecule has 0 aliphatic rings. The van der Waals surface area contributed by atoms with Gasteiger partial charge in [-0.2, -0.15) is 9.90 Å². The Morgan fingerprint density at radius 2 is 1.31 bits per heavy atom. The van der Waals surface area contributed by atoms with E-state index in [1.165, 1.54) is 36.2 Å². The van der Waals surface area contributed by atoms with Crippen molar-refractivity contribution in [1.29, 1.82) is 0 Å². The lowest BCUT2D eigenvalue weighted by molar-refractivity contribution is -0.936. The normalized spacial score (nSPS) is 10.2. The first-order valence-corrected chi connectivity index (χ1v) is 5.65. The third-order valence-corrected chi connectivity index (χ3v) is 3.37. The van der Waals surface area contributed by atoms with Gasteiger partial charge in [-0.15, -0.1) is 0 Å². The fourth-order valence-corrected chi connectivity index (χ4v) is 1.98. The van der Waals surface area contributed by atoms with Crippen molar-refractivity contribution in [2.45, 2.75) is 27.3 Å². The molecule has 0 aromatic heterocycles. The number of quaternary nitrogens is 1. The fraction of sp³-hybridized carbons (Fsp3) is 0.538. The summed E-state index contributed by atoms with van der Waals surface area (Å²) in [6.07, 6.45) is 0. The van der Waals surface area contributed by atoms with Crippen LogP contribution in [0.1, 0.15) is 26.3 Å². The molecular formula is C13H25ClNP. The van der Waals surface area contributed by atoms with Gasteiger partial charge in [-0.05, 0) is 20.8 Å². The van der Waals surface area contributed by atoms with E-state index >= 15 is 0 Å². The zero-order valence-electron chi connectivity index (χ0n) is 10.7. The molecule has 0 bridgehead atoms. The van der Waals surface area contributed by atoms with Gasteiger partial charge in [-0.1, -0.05) is 30.3 Å². The van der Waals surface area contributed by atoms with Gasteiger partial charge in [-0.25, -0.2) is 0 Å². The van der Waals surface area contributed by atoms with Crippen molar-refractivity contribution >= 4 is 9.90 Å². The van der Waals surface area contributed by atoms with E-state index in [9.17, 15) is 0 Å². The number of rotatable bonds is 5. The van der Waals surface area contributed by atoms with Crippen molar-refractivity contribution < 1.29 is 16.9 Å². The lowest BCUT2D eigenvalue weighted by atomic mass is 10.2. The zero-order chi connectivity index (χ0) is 10.4. The van der Waals surface area contributed by atoms with E-state index in [0.29, 0.717) is 0 Å². The van der Waals surface area contributed by atoms with E-state index in [1.807, 2.05) is 0 Å². The largest absolute Gasteiger partial charge is 1.00 e. The van der Waals surface area contributed by atoms with Gasteiger partial charge in [0.05, 0.1) is 19.6 Å². The van der Waals surface area contributed by atoms with Gasteiger partial charge in [0.2, 0.25) is 0 Å². The lowest BCUT2D eigenvalue weighted by Crippen LogP contribution is -3.00. The summed E-state index contributed by atoms with van der Waals surface area (Å²) >= 11 is 0. The molecule has 0 saturated carbocycles. The molecule has 1 unspecified atom stereocenters. The average molecular weight is 262 g/mol. The van der Waals surface area contributed by atoms with E-state index in [0.717, 1.165) is 0 Å². The number of nitrogens with zero attached hydrogens (tertiary/aromatic N) is 1. The van der Waals surface area contributed by atoms with Gasteiger partial charge >= 0.3 is 0 Å². The maximum Gasteiger partial charge on any atom is 0.104 e. The third-order valence-electron chi connectivity index (χ3n) is 3.37. The predicted octanol–water partition coefficient (Wildman–Crippen LogP) is 0.125. The SMILES string of the molecule is CC[N+](CC)(CC)Cc1ccccc1.P.[Cl-]. The molecule has 16 heavy (non-hydrogen) atoms. The molecule has 1 aromatic carbocycles. The van der Waals surface area contributed by atoms with Crippen LogP contribution >= 0.6 is 9.90 Å². The van der Waals surface area contributed by atoms with E-state index < -0.39 is 0 Å². The first-order valence-electron chi connectivity index (χ1n) is 5.65. The Kier molecular flexibility index (Phi) is 10.3. The summed E-state index contributed by atoms with van der Waals surface area (Å²) < 4.78 is 1.20. The van der Waals surface area contributed by atoms with Gasteiger partial charge < -0.3 is 16.9 Å². The van der Waals surface area contributed by atoms with Crippen molar-refractivity contribution in [2.75, 3.05) is 19.6 Å². The zero-order valence-corrected chi connectivity index (χ0v) is 12.9. The highest BCUT2D eigenvalue weighted by atomic mass is 35.5. The molecule has 0 heterocycles. The summed E-state index contributed by atoms with van der Waals surface area (Å²) in [5, 5.41) is 0. The van der Waals surface area contributed by atoms with Crippen LogP contribution in [-0.2, 0) is 6.54 Å². The maximum absolute atomic E-state index is 2.29. The smallest absolute Gasteiger partial charge is 0.104 e. The summed E-state index contributed by atoms with van der Waals surface area (Å²) in [6, 6.07) is 10.8. The Bertz CT molecular complexity index is 252. The first-order chi connectivity index (χ1) is 6.76. The van der Waals surface area contributed by atoms with Crippen LogP contribution < -0.4 is 12.4 Å². The van der Waals surface area contributed by atoms with Crippen molar-refractivity contribution in [3.8, 4) is 0 Å². The van der Waals surface area contributed by atoms with Gasteiger partial charge in [0.15, 0.2) is 0 Å². The molecule has 0 radical (unpaired) electrons. The number of halogens is 1. The second-order valence-electron chi connectivity index (χ2n) is 3.93. The van der Waals surface area contributed by atoms with E-state index in [2.05, 4.69) is 51.1 Å². The molecule has 0 saturated heterocycles. The molecule has 1 nitrogen and oxygen atoms in total. The van der Waals surface area contributed by atoms with E-state index in [1.54, 1.807) is 0 Å². The minimum Gasteiger partial charge on any atom is -1.00 e. The number of hydrogen-bond acceptors (Lipinski definition) is 0. The summed E-state index contributed by atoms with van der Waals surface area (Å²) in [5.74, 6) is 0. The summed E-state index contributed by atoms with van der Waals surface area (Å²) in [7, 11) is 0. The quantitative estimate of drug-likeness (QED) is 0.522. The Morgan fingerprint density at radius 1 is 0.875 bits per heavy atom. The van der Waals surface area contributed by atoms with Crippen molar-refractivity contribution in [3.05, 3.63) is 35.9 Å². The highest BCUT2D eigenvalue weighted by Gasteiger charge is 2.20. The Morgan fingerprint density at radius 3 is 1.69 bits per heavy atom. The summed E-state index contributed by atoms with van der Waals surface area (Å²) in [4.78, 5) is 0. The molecule has 94 valence electrons. The van der Waals surface area contributed by atoms with E-state index in [4.69, 9.17) is 0 Å². The van der Waals surface area contributed by atoms with Crippen LogP contribution in [0.25, 0.3) is 0 Å². The van der Waals surface area contributed by atoms with Gasteiger partial charge in [-0.3, -0.25) is 0 Å². The van der Waals surface area contributed by atoms with Crippen LogP contribution in [0, 0.1) is 0 Å². The molecule has 0 fully saturated rings. The first kappa shape index (κ1) is 18.3. The maximum atomic E-state index is 2.29.